The zero-order valence-electron chi connectivity index (χ0n) is 28.5. The highest BCUT2D eigenvalue weighted by Gasteiger charge is 2.71. The van der Waals surface area contributed by atoms with Gasteiger partial charge in [0.2, 0.25) is 0 Å². The molecule has 0 unspecified atom stereocenters. The molecule has 4 saturated carbocycles. The number of carbonyl (C=O) groups is 2. The van der Waals surface area contributed by atoms with Crippen molar-refractivity contribution in [3.8, 4) is 5.75 Å². The number of benzene rings is 1. The summed E-state index contributed by atoms with van der Waals surface area (Å²) >= 11 is 0. The number of hydrogen-bond acceptors (Lipinski definition) is 6. The fourth-order valence-corrected chi connectivity index (χ4v) is 12.1. The second-order valence-corrected chi connectivity index (χ2v) is 16.8. The summed E-state index contributed by atoms with van der Waals surface area (Å²) in [5.74, 6) is 0.0165. The molecule has 252 valence electrons. The molecule has 4 N–H and O–H groups in total. The predicted octanol–water partition coefficient (Wildman–Crippen LogP) is 7.00. The molecule has 12 atom stereocenters. The molecule has 0 bridgehead atoms. The van der Waals surface area contributed by atoms with Crippen molar-refractivity contribution in [1.82, 2.24) is 0 Å². The largest absolute Gasteiger partial charge is 0.508 e. The Labute approximate surface area is 274 Å². The average Bonchev–Trinajstić information content (AvgIpc) is 3.00. The van der Waals surface area contributed by atoms with Crippen molar-refractivity contribution in [2.45, 2.75) is 105 Å². The van der Waals surface area contributed by atoms with E-state index < -0.39 is 35.0 Å². The summed E-state index contributed by atoms with van der Waals surface area (Å²) in [6, 6.07) is 6.49. The number of aromatic hydroxyl groups is 1. The van der Waals surface area contributed by atoms with Gasteiger partial charge in [0, 0.05) is 11.5 Å². The van der Waals surface area contributed by atoms with Crippen LogP contribution in [0.5, 0.6) is 5.75 Å². The standard InChI is InChI=1S/C39H54O7/c1-23-15-18-39(34(44)45)20-19-37(5)27(32(39)24(23)2)12-13-30-35(3)21-28(42)33(36(4,22-40)29(35)16-17-38(30,37)6)46-31(43)14-9-25-7-10-26(41)11-8-25/h7-12,14,23-24,28-30,32-33,40-42H,13,15-22H2,1-6H3,(H,44,45)/t23-,24+,28-,29-,30-,32+,33+,35+,36-,37-,38-,39+/m1/s1. The van der Waals surface area contributed by atoms with Crippen molar-refractivity contribution in [1.29, 1.82) is 0 Å². The molecule has 0 spiro atoms. The number of phenolic OH excluding ortho intramolecular Hbond substituents is 1. The maximum Gasteiger partial charge on any atom is 0.331 e. The zero-order chi connectivity index (χ0) is 33.4. The minimum atomic E-state index is -0.935. The van der Waals surface area contributed by atoms with Crippen LogP contribution >= 0.6 is 0 Å². The van der Waals surface area contributed by atoms with Crippen LogP contribution in [0.15, 0.2) is 42.0 Å². The molecular weight excluding hydrogens is 580 g/mol. The van der Waals surface area contributed by atoms with E-state index in [1.165, 1.54) is 11.6 Å². The van der Waals surface area contributed by atoms with E-state index in [2.05, 4.69) is 40.7 Å². The number of ether oxygens (including phenoxy) is 1. The molecule has 6 rings (SSSR count). The van der Waals surface area contributed by atoms with Crippen molar-refractivity contribution < 1.29 is 34.8 Å². The summed E-state index contributed by atoms with van der Waals surface area (Å²) in [5, 5.41) is 43.0. The third kappa shape index (κ3) is 4.57. The molecule has 1 aromatic rings. The molecule has 7 heteroatoms. The van der Waals surface area contributed by atoms with Crippen LogP contribution in [-0.4, -0.2) is 51.2 Å². The van der Waals surface area contributed by atoms with Gasteiger partial charge in [-0.25, -0.2) is 4.79 Å². The Hall–Kier alpha value is -2.64. The number of carboxylic acid groups (broad SMARTS) is 1. The van der Waals surface area contributed by atoms with Gasteiger partial charge in [-0.05, 0) is 121 Å². The molecule has 5 aliphatic rings. The lowest BCUT2D eigenvalue weighted by Crippen LogP contribution is -2.68. The lowest BCUT2D eigenvalue weighted by atomic mass is 9.33. The Morgan fingerprint density at radius 1 is 0.978 bits per heavy atom. The first-order valence-corrected chi connectivity index (χ1v) is 17.5. The molecule has 0 heterocycles. The van der Waals surface area contributed by atoms with Crippen LogP contribution in [0.1, 0.15) is 98.5 Å². The zero-order valence-corrected chi connectivity index (χ0v) is 28.5. The first kappa shape index (κ1) is 33.3. The third-order valence-corrected chi connectivity index (χ3v) is 15.0. The smallest absolute Gasteiger partial charge is 0.331 e. The monoisotopic (exact) mass is 634 g/mol. The van der Waals surface area contributed by atoms with Crippen LogP contribution in [0.25, 0.3) is 6.08 Å². The molecule has 0 saturated heterocycles. The lowest BCUT2D eigenvalue weighted by molar-refractivity contribution is -0.249. The number of carbonyl (C=O) groups excluding carboxylic acids is 1. The molecular formula is C39H54O7. The van der Waals surface area contributed by atoms with Crippen LogP contribution in [0.3, 0.4) is 0 Å². The van der Waals surface area contributed by atoms with Crippen LogP contribution in [-0.2, 0) is 14.3 Å². The summed E-state index contributed by atoms with van der Waals surface area (Å²) in [4.78, 5) is 26.0. The molecule has 7 nitrogen and oxygen atoms in total. The lowest BCUT2D eigenvalue weighted by Gasteiger charge is -2.71. The summed E-state index contributed by atoms with van der Waals surface area (Å²) in [6.45, 7) is 13.5. The van der Waals surface area contributed by atoms with Gasteiger partial charge in [-0.1, -0.05) is 65.3 Å². The van der Waals surface area contributed by atoms with Crippen molar-refractivity contribution in [3.63, 3.8) is 0 Å². The maximum absolute atomic E-state index is 13.1. The van der Waals surface area contributed by atoms with Gasteiger partial charge in [0.05, 0.1) is 18.1 Å². The Bertz CT molecular complexity index is 1430. The van der Waals surface area contributed by atoms with Crippen LogP contribution < -0.4 is 0 Å². The van der Waals surface area contributed by atoms with Gasteiger partial charge < -0.3 is 25.2 Å². The van der Waals surface area contributed by atoms with E-state index in [9.17, 15) is 30.0 Å². The number of fused-ring (bicyclic) bond motifs is 7. The number of allylic oxidation sites excluding steroid dienone is 2. The molecule has 0 aliphatic heterocycles. The molecule has 46 heavy (non-hydrogen) atoms. The second-order valence-electron chi connectivity index (χ2n) is 16.8. The number of rotatable bonds is 5. The number of esters is 1. The average molecular weight is 635 g/mol. The van der Waals surface area contributed by atoms with Crippen LogP contribution in [0.4, 0.5) is 0 Å². The normalized spacial score (nSPS) is 46.7. The first-order valence-electron chi connectivity index (χ1n) is 17.5. The first-order chi connectivity index (χ1) is 21.6. The van der Waals surface area contributed by atoms with Gasteiger partial charge in [-0.2, -0.15) is 0 Å². The van der Waals surface area contributed by atoms with E-state index >= 15 is 0 Å². The fourth-order valence-electron chi connectivity index (χ4n) is 12.1. The molecule has 0 radical (unpaired) electrons. The van der Waals surface area contributed by atoms with Gasteiger partial charge >= 0.3 is 11.9 Å². The van der Waals surface area contributed by atoms with Gasteiger partial charge in [0.25, 0.3) is 0 Å². The molecule has 0 aromatic heterocycles. The molecule has 0 amide bonds. The quantitative estimate of drug-likeness (QED) is 0.156. The van der Waals surface area contributed by atoms with E-state index in [0.717, 1.165) is 44.1 Å². The molecule has 4 fully saturated rings. The highest BCUT2D eigenvalue weighted by molar-refractivity contribution is 5.87. The number of carboxylic acids is 1. The SMILES string of the molecule is C[C@H]1[C@H](C)CC[C@]2(C(=O)O)CC[C@]3(C)C(=CC[C@@H]4[C@@]5(C)C[C@@H](O)[C@H](OC(=O)C=Cc6ccc(O)cc6)[C@](C)(CO)[C@@H]5CC[C@]43C)[C@H]12. The number of aliphatic carboxylic acids is 1. The second kappa shape index (κ2) is 11.2. The van der Waals surface area contributed by atoms with Gasteiger partial charge in [-0.3, -0.25) is 4.79 Å². The fraction of sp³-hybridized carbons (Fsp3) is 0.692. The predicted molar refractivity (Wildman–Crippen MR) is 176 cm³/mol. The highest BCUT2D eigenvalue weighted by Crippen LogP contribution is 2.75. The Kier molecular flexibility index (Phi) is 8.12. The number of aliphatic hydroxyl groups excluding tert-OH is 2. The number of aliphatic hydroxyl groups is 2. The van der Waals surface area contributed by atoms with E-state index in [1.54, 1.807) is 30.3 Å². The van der Waals surface area contributed by atoms with Crippen LogP contribution in [0, 0.1) is 56.7 Å². The number of phenols is 1. The third-order valence-electron chi connectivity index (χ3n) is 15.0. The number of hydrogen-bond donors (Lipinski definition) is 4. The van der Waals surface area contributed by atoms with Crippen LogP contribution in [0.2, 0.25) is 0 Å². The Morgan fingerprint density at radius 2 is 1.67 bits per heavy atom. The van der Waals surface area contributed by atoms with E-state index in [-0.39, 0.29) is 46.4 Å². The highest BCUT2D eigenvalue weighted by atomic mass is 16.6. The van der Waals surface area contributed by atoms with E-state index in [1.807, 2.05) is 6.92 Å². The van der Waals surface area contributed by atoms with Crippen molar-refractivity contribution in [2.75, 3.05) is 6.61 Å². The summed E-state index contributed by atoms with van der Waals surface area (Å²) in [7, 11) is 0. The minimum Gasteiger partial charge on any atom is -0.508 e. The molecule has 5 aliphatic carbocycles. The summed E-state index contributed by atoms with van der Waals surface area (Å²) in [5.41, 5.74) is 0.0232. The van der Waals surface area contributed by atoms with Gasteiger partial charge in [-0.15, -0.1) is 0 Å². The van der Waals surface area contributed by atoms with Crippen molar-refractivity contribution in [2.24, 2.45) is 56.7 Å². The maximum atomic E-state index is 13.1. The topological polar surface area (TPSA) is 124 Å². The van der Waals surface area contributed by atoms with E-state index in [4.69, 9.17) is 4.74 Å². The Morgan fingerprint density at radius 3 is 2.33 bits per heavy atom. The van der Waals surface area contributed by atoms with Gasteiger partial charge in [0.15, 0.2) is 0 Å². The summed E-state index contributed by atoms with van der Waals surface area (Å²) < 4.78 is 5.98. The van der Waals surface area contributed by atoms with E-state index in [0.29, 0.717) is 24.7 Å². The van der Waals surface area contributed by atoms with Crippen molar-refractivity contribution >= 4 is 18.0 Å². The van der Waals surface area contributed by atoms with Crippen molar-refractivity contribution in [3.05, 3.63) is 47.6 Å². The minimum absolute atomic E-state index is 0.0271. The molecule has 1 aromatic carbocycles. The summed E-state index contributed by atoms with van der Waals surface area (Å²) in [6.07, 6.45) is 9.93. The van der Waals surface area contributed by atoms with Gasteiger partial charge in [0.1, 0.15) is 11.9 Å². The Balaban J connectivity index is 1.32.